The monoisotopic (exact) mass is 340 g/mol. The second-order valence-corrected chi connectivity index (χ2v) is 7.74. The predicted octanol–water partition coefficient (Wildman–Crippen LogP) is 6.05. The molecule has 2 bridgehead atoms. The standard InChI is InChI=1S/C24H20S/c1-15(2)23(25)24-19-12-6-3-9-16(19)22(17-10-4-7-13-20(17)24)18-11-5-8-14-21(18)24/h3-14,22,25H,1-2H3. The normalized spacial score (nSPS) is 22.0. The van der Waals surface area contributed by atoms with Crippen LogP contribution in [0.25, 0.3) is 0 Å². The number of thiol groups is 1. The smallest absolute Gasteiger partial charge is 0.0766 e. The van der Waals surface area contributed by atoms with E-state index in [0.717, 1.165) is 4.91 Å². The van der Waals surface area contributed by atoms with E-state index >= 15 is 0 Å². The quantitative estimate of drug-likeness (QED) is 0.512. The topological polar surface area (TPSA) is 0 Å². The van der Waals surface area contributed by atoms with Crippen LogP contribution in [-0.4, -0.2) is 0 Å². The number of rotatable bonds is 1. The van der Waals surface area contributed by atoms with E-state index in [0.29, 0.717) is 5.92 Å². The van der Waals surface area contributed by atoms with Crippen molar-refractivity contribution in [2.75, 3.05) is 0 Å². The summed E-state index contributed by atoms with van der Waals surface area (Å²) < 4.78 is 0. The molecule has 1 heteroatoms. The van der Waals surface area contributed by atoms with E-state index < -0.39 is 0 Å². The molecule has 0 aromatic heterocycles. The first-order valence-corrected chi connectivity index (χ1v) is 9.27. The molecule has 122 valence electrons. The lowest BCUT2D eigenvalue weighted by Crippen LogP contribution is -2.42. The Labute approximate surface area is 154 Å². The molecule has 0 unspecified atom stereocenters. The molecule has 25 heavy (non-hydrogen) atoms. The van der Waals surface area contributed by atoms with Gasteiger partial charge in [-0.2, -0.15) is 0 Å². The van der Waals surface area contributed by atoms with Crippen LogP contribution < -0.4 is 0 Å². The largest absolute Gasteiger partial charge is 0.146 e. The van der Waals surface area contributed by atoms with Crippen molar-refractivity contribution in [3.63, 3.8) is 0 Å². The van der Waals surface area contributed by atoms with Gasteiger partial charge in [-0.15, -0.1) is 12.6 Å². The Hall–Kier alpha value is -2.25. The fraction of sp³-hybridized carbons (Fsp3) is 0.167. The molecule has 0 saturated carbocycles. The Kier molecular flexibility index (Phi) is 3.08. The van der Waals surface area contributed by atoms with Crippen molar-refractivity contribution in [3.05, 3.63) is 117 Å². The van der Waals surface area contributed by atoms with Gasteiger partial charge in [-0.1, -0.05) is 78.4 Å². The van der Waals surface area contributed by atoms with Crippen LogP contribution in [0.5, 0.6) is 0 Å². The molecule has 0 radical (unpaired) electrons. The summed E-state index contributed by atoms with van der Waals surface area (Å²) in [5.41, 5.74) is 9.42. The second kappa shape index (κ2) is 5.12. The minimum atomic E-state index is -0.291. The van der Waals surface area contributed by atoms with Gasteiger partial charge in [0.1, 0.15) is 0 Å². The molecule has 0 aliphatic heterocycles. The van der Waals surface area contributed by atoms with Crippen molar-refractivity contribution in [2.24, 2.45) is 0 Å². The Balaban J connectivity index is 2.05. The van der Waals surface area contributed by atoms with Gasteiger partial charge in [0.25, 0.3) is 0 Å². The summed E-state index contributed by atoms with van der Waals surface area (Å²) in [5, 5.41) is 0. The lowest BCUT2D eigenvalue weighted by atomic mass is 9.52. The Morgan fingerprint density at radius 2 is 1.04 bits per heavy atom. The SMILES string of the molecule is CC(C)=C(S)C12c3ccccc3C(c3ccccc31)c1ccccc12. The molecule has 0 amide bonds. The van der Waals surface area contributed by atoms with E-state index in [4.69, 9.17) is 12.6 Å². The molecule has 0 saturated heterocycles. The highest BCUT2D eigenvalue weighted by atomic mass is 32.1. The first-order chi connectivity index (χ1) is 12.2. The Morgan fingerprint density at radius 3 is 1.40 bits per heavy atom. The molecular formula is C24H20S. The van der Waals surface area contributed by atoms with Crippen molar-refractivity contribution in [3.8, 4) is 0 Å². The summed E-state index contributed by atoms with van der Waals surface area (Å²) in [5.74, 6) is 0.323. The minimum absolute atomic E-state index is 0.291. The Bertz CT molecular complexity index is 922. The molecule has 3 aromatic carbocycles. The maximum absolute atomic E-state index is 5.11. The number of allylic oxidation sites excluding steroid dienone is 2. The van der Waals surface area contributed by atoms with Crippen molar-refractivity contribution in [1.29, 1.82) is 0 Å². The zero-order chi connectivity index (χ0) is 17.2. The first kappa shape index (κ1) is 15.0. The molecule has 0 fully saturated rings. The summed E-state index contributed by atoms with van der Waals surface area (Å²) in [4.78, 5) is 1.15. The lowest BCUT2D eigenvalue weighted by molar-refractivity contribution is 0.637. The highest BCUT2D eigenvalue weighted by Gasteiger charge is 2.52. The molecular weight excluding hydrogens is 320 g/mol. The van der Waals surface area contributed by atoms with Crippen LogP contribution in [0.4, 0.5) is 0 Å². The van der Waals surface area contributed by atoms with Gasteiger partial charge >= 0.3 is 0 Å². The van der Waals surface area contributed by atoms with Gasteiger partial charge in [0.2, 0.25) is 0 Å². The van der Waals surface area contributed by atoms with Crippen LogP contribution in [0.2, 0.25) is 0 Å². The zero-order valence-corrected chi connectivity index (χ0v) is 15.3. The van der Waals surface area contributed by atoms with Crippen LogP contribution in [0.3, 0.4) is 0 Å². The fourth-order valence-corrected chi connectivity index (χ4v) is 5.33. The van der Waals surface area contributed by atoms with Gasteiger partial charge in [0.15, 0.2) is 0 Å². The number of hydrogen-bond acceptors (Lipinski definition) is 1. The molecule has 3 aliphatic carbocycles. The van der Waals surface area contributed by atoms with Gasteiger partial charge in [0, 0.05) is 5.92 Å². The average Bonchev–Trinajstić information content (AvgIpc) is 2.67. The molecule has 6 rings (SSSR count). The summed E-state index contributed by atoms with van der Waals surface area (Å²) in [6, 6.07) is 26.8. The number of hydrogen-bond donors (Lipinski definition) is 1. The van der Waals surface area contributed by atoms with Gasteiger partial charge < -0.3 is 0 Å². The number of benzene rings is 3. The first-order valence-electron chi connectivity index (χ1n) is 8.82. The van der Waals surface area contributed by atoms with Gasteiger partial charge in [-0.25, -0.2) is 0 Å². The third-order valence-corrected chi connectivity index (χ3v) is 6.64. The minimum Gasteiger partial charge on any atom is -0.146 e. The van der Waals surface area contributed by atoms with E-state index in [1.165, 1.54) is 39.0 Å². The van der Waals surface area contributed by atoms with E-state index in [-0.39, 0.29) is 5.41 Å². The van der Waals surface area contributed by atoms with Gasteiger partial charge in [0.05, 0.1) is 5.41 Å². The van der Waals surface area contributed by atoms with Crippen LogP contribution in [0.15, 0.2) is 83.3 Å². The van der Waals surface area contributed by atoms with E-state index in [1.54, 1.807) is 0 Å². The van der Waals surface area contributed by atoms with E-state index in [2.05, 4.69) is 86.6 Å². The highest BCUT2D eigenvalue weighted by molar-refractivity contribution is 7.84. The summed E-state index contributed by atoms with van der Waals surface area (Å²) in [6.07, 6.45) is 0. The van der Waals surface area contributed by atoms with Gasteiger partial charge in [-0.3, -0.25) is 0 Å². The highest BCUT2D eigenvalue weighted by Crippen LogP contribution is 2.62. The lowest BCUT2D eigenvalue weighted by Gasteiger charge is -2.51. The van der Waals surface area contributed by atoms with Crippen LogP contribution in [-0.2, 0) is 5.41 Å². The van der Waals surface area contributed by atoms with Crippen LogP contribution in [0, 0.1) is 0 Å². The van der Waals surface area contributed by atoms with Crippen LogP contribution >= 0.6 is 12.6 Å². The fourth-order valence-electron chi connectivity index (χ4n) is 4.97. The molecule has 3 aliphatic rings. The predicted molar refractivity (Wildman–Crippen MR) is 108 cm³/mol. The van der Waals surface area contributed by atoms with Crippen molar-refractivity contribution < 1.29 is 0 Å². The third kappa shape index (κ3) is 1.69. The molecule has 0 N–H and O–H groups in total. The Morgan fingerprint density at radius 1 is 0.680 bits per heavy atom. The molecule has 0 atom stereocenters. The summed E-state index contributed by atoms with van der Waals surface area (Å²) >= 11 is 5.11. The average molecular weight is 340 g/mol. The third-order valence-electron chi connectivity index (χ3n) is 5.86. The zero-order valence-electron chi connectivity index (χ0n) is 14.5. The summed E-state index contributed by atoms with van der Waals surface area (Å²) in [7, 11) is 0. The maximum Gasteiger partial charge on any atom is 0.0766 e. The van der Waals surface area contributed by atoms with E-state index in [1.807, 2.05) is 0 Å². The van der Waals surface area contributed by atoms with Crippen molar-refractivity contribution in [2.45, 2.75) is 25.2 Å². The maximum atomic E-state index is 5.11. The van der Waals surface area contributed by atoms with E-state index in [9.17, 15) is 0 Å². The van der Waals surface area contributed by atoms with Crippen LogP contribution in [0.1, 0.15) is 53.1 Å². The summed E-state index contributed by atoms with van der Waals surface area (Å²) in [6.45, 7) is 4.34. The van der Waals surface area contributed by atoms with Crippen molar-refractivity contribution in [1.82, 2.24) is 0 Å². The van der Waals surface area contributed by atoms with Gasteiger partial charge in [-0.05, 0) is 52.1 Å². The molecule has 0 heterocycles. The molecule has 0 nitrogen and oxygen atoms in total. The van der Waals surface area contributed by atoms with Crippen molar-refractivity contribution >= 4 is 12.6 Å². The molecule has 0 spiro atoms. The second-order valence-electron chi connectivity index (χ2n) is 7.29. The molecule has 3 aromatic rings.